The lowest BCUT2D eigenvalue weighted by Crippen LogP contribution is -2.48. The van der Waals surface area contributed by atoms with Crippen LogP contribution in [0.2, 0.25) is 0 Å². The van der Waals surface area contributed by atoms with Crippen LogP contribution in [0.25, 0.3) is 0 Å². The molecule has 1 aliphatic heterocycles. The van der Waals surface area contributed by atoms with Gasteiger partial charge in [-0.15, -0.1) is 0 Å². The van der Waals surface area contributed by atoms with Crippen LogP contribution in [-0.2, 0) is 9.59 Å². The number of piperidine rings is 1. The highest BCUT2D eigenvalue weighted by Crippen LogP contribution is 2.13. The molecule has 0 spiro atoms. The number of nitrogens with one attached hydrogen (secondary N) is 2. The SMILES string of the molecule is CCNCC(C)C(=O)N1CCC(NC(C)=O)CC1. The van der Waals surface area contributed by atoms with Gasteiger partial charge in [0.25, 0.3) is 0 Å². The van der Waals surface area contributed by atoms with E-state index in [-0.39, 0.29) is 23.8 Å². The predicted octanol–water partition coefficient (Wildman–Crippen LogP) is 0.359. The third-order valence-electron chi connectivity index (χ3n) is 3.34. The van der Waals surface area contributed by atoms with Gasteiger partial charge in [-0.25, -0.2) is 0 Å². The van der Waals surface area contributed by atoms with Crippen molar-refractivity contribution < 1.29 is 9.59 Å². The van der Waals surface area contributed by atoms with E-state index in [1.807, 2.05) is 18.7 Å². The first kappa shape index (κ1) is 15.0. The van der Waals surface area contributed by atoms with Gasteiger partial charge < -0.3 is 15.5 Å². The molecule has 0 bridgehead atoms. The van der Waals surface area contributed by atoms with E-state index in [0.717, 1.165) is 39.0 Å². The van der Waals surface area contributed by atoms with Crippen LogP contribution in [0.4, 0.5) is 0 Å². The summed E-state index contributed by atoms with van der Waals surface area (Å²) in [5.74, 6) is 0.264. The Labute approximate surface area is 109 Å². The van der Waals surface area contributed by atoms with Crippen molar-refractivity contribution in [3.05, 3.63) is 0 Å². The topological polar surface area (TPSA) is 61.4 Å². The Bertz CT molecular complexity index is 286. The molecule has 1 heterocycles. The molecule has 1 unspecified atom stereocenters. The molecule has 5 heteroatoms. The van der Waals surface area contributed by atoms with Gasteiger partial charge in [0.1, 0.15) is 0 Å². The third kappa shape index (κ3) is 4.64. The average molecular weight is 255 g/mol. The van der Waals surface area contributed by atoms with Crippen molar-refractivity contribution >= 4 is 11.8 Å². The van der Waals surface area contributed by atoms with Crippen LogP contribution in [-0.4, -0.2) is 48.9 Å². The molecule has 1 rings (SSSR count). The number of hydrogen-bond acceptors (Lipinski definition) is 3. The third-order valence-corrected chi connectivity index (χ3v) is 3.34. The summed E-state index contributed by atoms with van der Waals surface area (Å²) >= 11 is 0. The Kier molecular flexibility index (Phi) is 6.12. The van der Waals surface area contributed by atoms with E-state index in [9.17, 15) is 9.59 Å². The first-order chi connectivity index (χ1) is 8.54. The quantitative estimate of drug-likeness (QED) is 0.745. The van der Waals surface area contributed by atoms with E-state index >= 15 is 0 Å². The fourth-order valence-electron chi connectivity index (χ4n) is 2.29. The number of amides is 2. The number of carbonyl (C=O) groups is 2. The maximum absolute atomic E-state index is 12.1. The lowest BCUT2D eigenvalue weighted by Gasteiger charge is -2.33. The van der Waals surface area contributed by atoms with Gasteiger partial charge in [0, 0.05) is 38.5 Å². The van der Waals surface area contributed by atoms with E-state index < -0.39 is 0 Å². The van der Waals surface area contributed by atoms with Crippen molar-refractivity contribution in [2.24, 2.45) is 5.92 Å². The number of nitrogens with zero attached hydrogens (tertiary/aromatic N) is 1. The smallest absolute Gasteiger partial charge is 0.226 e. The second-order valence-electron chi connectivity index (χ2n) is 5.01. The molecule has 0 aromatic rings. The summed E-state index contributed by atoms with van der Waals surface area (Å²) in [6.45, 7) is 8.67. The molecule has 0 aromatic heterocycles. The summed E-state index contributed by atoms with van der Waals surface area (Å²) in [4.78, 5) is 25.0. The molecule has 2 N–H and O–H groups in total. The molecule has 104 valence electrons. The van der Waals surface area contributed by atoms with Crippen molar-refractivity contribution in [3.8, 4) is 0 Å². The molecule has 5 nitrogen and oxygen atoms in total. The zero-order valence-electron chi connectivity index (χ0n) is 11.7. The molecule has 18 heavy (non-hydrogen) atoms. The highest BCUT2D eigenvalue weighted by atomic mass is 16.2. The standard InChI is InChI=1S/C13H25N3O2/c1-4-14-9-10(2)13(18)16-7-5-12(6-8-16)15-11(3)17/h10,12,14H,4-9H2,1-3H3,(H,15,17). The summed E-state index contributed by atoms with van der Waals surface area (Å²) < 4.78 is 0. The van der Waals surface area contributed by atoms with Crippen LogP contribution >= 0.6 is 0 Å². The van der Waals surface area contributed by atoms with Crippen LogP contribution in [0.1, 0.15) is 33.6 Å². The molecular weight excluding hydrogens is 230 g/mol. The Hall–Kier alpha value is -1.10. The van der Waals surface area contributed by atoms with E-state index in [1.54, 1.807) is 0 Å². The van der Waals surface area contributed by atoms with Crippen molar-refractivity contribution in [1.29, 1.82) is 0 Å². The second-order valence-corrected chi connectivity index (χ2v) is 5.01. The number of rotatable bonds is 5. The molecule has 1 fully saturated rings. The number of hydrogen-bond donors (Lipinski definition) is 2. The van der Waals surface area contributed by atoms with Gasteiger partial charge in [0.2, 0.25) is 11.8 Å². The van der Waals surface area contributed by atoms with Gasteiger partial charge in [0.15, 0.2) is 0 Å². The molecule has 0 aliphatic carbocycles. The highest BCUT2D eigenvalue weighted by Gasteiger charge is 2.25. The van der Waals surface area contributed by atoms with E-state index in [1.165, 1.54) is 6.92 Å². The van der Waals surface area contributed by atoms with E-state index in [0.29, 0.717) is 0 Å². The van der Waals surface area contributed by atoms with Gasteiger partial charge in [0.05, 0.1) is 0 Å². The summed E-state index contributed by atoms with van der Waals surface area (Å²) in [5.41, 5.74) is 0. The van der Waals surface area contributed by atoms with Gasteiger partial charge >= 0.3 is 0 Å². The Morgan fingerprint density at radius 3 is 2.44 bits per heavy atom. The minimum Gasteiger partial charge on any atom is -0.353 e. The largest absolute Gasteiger partial charge is 0.353 e. The van der Waals surface area contributed by atoms with Crippen LogP contribution in [0.15, 0.2) is 0 Å². The molecule has 0 saturated carbocycles. The lowest BCUT2D eigenvalue weighted by atomic mass is 10.0. The fraction of sp³-hybridized carbons (Fsp3) is 0.846. The Balaban J connectivity index is 2.33. The first-order valence-corrected chi connectivity index (χ1v) is 6.81. The van der Waals surface area contributed by atoms with Gasteiger partial charge in [-0.2, -0.15) is 0 Å². The molecule has 1 atom stereocenters. The zero-order chi connectivity index (χ0) is 13.5. The maximum atomic E-state index is 12.1. The maximum Gasteiger partial charge on any atom is 0.226 e. The Morgan fingerprint density at radius 2 is 1.94 bits per heavy atom. The van der Waals surface area contributed by atoms with Gasteiger partial charge in [-0.1, -0.05) is 13.8 Å². The monoisotopic (exact) mass is 255 g/mol. The summed E-state index contributed by atoms with van der Waals surface area (Å²) in [5, 5.41) is 6.11. The molecule has 0 aromatic carbocycles. The molecule has 0 radical (unpaired) electrons. The summed E-state index contributed by atoms with van der Waals surface area (Å²) in [6, 6.07) is 0.232. The molecule has 2 amide bonds. The number of carbonyl (C=O) groups excluding carboxylic acids is 2. The fourth-order valence-corrected chi connectivity index (χ4v) is 2.29. The van der Waals surface area contributed by atoms with Crippen LogP contribution in [0.3, 0.4) is 0 Å². The summed E-state index contributed by atoms with van der Waals surface area (Å²) in [7, 11) is 0. The van der Waals surface area contributed by atoms with Gasteiger partial charge in [-0.05, 0) is 19.4 Å². The lowest BCUT2D eigenvalue weighted by molar-refractivity contribution is -0.136. The van der Waals surface area contributed by atoms with Crippen LogP contribution in [0.5, 0.6) is 0 Å². The summed E-state index contributed by atoms with van der Waals surface area (Å²) in [6.07, 6.45) is 1.72. The van der Waals surface area contributed by atoms with Crippen molar-refractivity contribution in [3.63, 3.8) is 0 Å². The van der Waals surface area contributed by atoms with E-state index in [2.05, 4.69) is 10.6 Å². The minimum atomic E-state index is 0.0142. The molecule has 1 aliphatic rings. The molecule has 1 saturated heterocycles. The van der Waals surface area contributed by atoms with Crippen molar-refractivity contribution in [1.82, 2.24) is 15.5 Å². The Morgan fingerprint density at radius 1 is 1.33 bits per heavy atom. The van der Waals surface area contributed by atoms with Crippen molar-refractivity contribution in [2.45, 2.75) is 39.7 Å². The van der Waals surface area contributed by atoms with Crippen LogP contribution < -0.4 is 10.6 Å². The normalized spacial score (nSPS) is 18.5. The minimum absolute atomic E-state index is 0.0142. The second kappa shape index (κ2) is 7.36. The average Bonchev–Trinajstić information content (AvgIpc) is 2.35. The first-order valence-electron chi connectivity index (χ1n) is 6.81. The van der Waals surface area contributed by atoms with E-state index in [4.69, 9.17) is 0 Å². The van der Waals surface area contributed by atoms with Gasteiger partial charge in [-0.3, -0.25) is 9.59 Å². The van der Waals surface area contributed by atoms with Crippen LogP contribution in [0, 0.1) is 5.92 Å². The number of likely N-dealkylation sites (tertiary alicyclic amines) is 1. The van der Waals surface area contributed by atoms with Crippen molar-refractivity contribution in [2.75, 3.05) is 26.2 Å². The zero-order valence-corrected chi connectivity index (χ0v) is 11.7. The predicted molar refractivity (Wildman–Crippen MR) is 71.1 cm³/mol. The highest BCUT2D eigenvalue weighted by molar-refractivity contribution is 5.79. The molecular formula is C13H25N3O2.